The molecule has 2 aromatic rings. The Kier molecular flexibility index (Phi) is 6.07. The summed E-state index contributed by atoms with van der Waals surface area (Å²) < 4.78 is 35.3. The average Bonchev–Trinajstić information content (AvgIpc) is 3.42. The molecule has 0 unspecified atom stereocenters. The van der Waals surface area contributed by atoms with Gasteiger partial charge in [-0.2, -0.15) is 5.10 Å². The van der Waals surface area contributed by atoms with Gasteiger partial charge < -0.3 is 9.84 Å². The first-order valence-electron chi connectivity index (χ1n) is 14.1. The molecule has 0 spiro atoms. The number of halogens is 2. The summed E-state index contributed by atoms with van der Waals surface area (Å²) in [6.45, 7) is 5.19. The van der Waals surface area contributed by atoms with Crippen LogP contribution in [0.3, 0.4) is 0 Å². The number of hydrogen-bond donors (Lipinski definition) is 1. The van der Waals surface area contributed by atoms with Gasteiger partial charge in [0.15, 0.2) is 17.4 Å². The minimum absolute atomic E-state index is 0.0359. The highest BCUT2D eigenvalue weighted by Crippen LogP contribution is 2.68. The van der Waals surface area contributed by atoms with Crippen molar-refractivity contribution in [3.63, 3.8) is 0 Å². The summed E-state index contributed by atoms with van der Waals surface area (Å²) in [5.74, 6) is 0.502. The van der Waals surface area contributed by atoms with E-state index in [1.807, 2.05) is 14.0 Å². The highest BCUT2D eigenvalue weighted by molar-refractivity contribution is 5.85. The molecule has 4 saturated carbocycles. The highest BCUT2D eigenvalue weighted by atomic mass is 19.2. The van der Waals surface area contributed by atoms with Crippen molar-refractivity contribution in [3.05, 3.63) is 30.0 Å². The Labute approximate surface area is 217 Å². The van der Waals surface area contributed by atoms with Crippen LogP contribution >= 0.6 is 0 Å². The Hall–Kier alpha value is -1.86. The molecule has 1 aromatic carbocycles. The molecule has 7 heteroatoms. The van der Waals surface area contributed by atoms with Crippen LogP contribution in [0.1, 0.15) is 71.6 Å². The monoisotopic (exact) mass is 514 g/mol. The van der Waals surface area contributed by atoms with Crippen LogP contribution < -0.4 is 0 Å². The van der Waals surface area contributed by atoms with E-state index >= 15 is 0 Å². The molecule has 202 valence electrons. The van der Waals surface area contributed by atoms with Gasteiger partial charge in [-0.05, 0) is 111 Å². The van der Waals surface area contributed by atoms with Crippen LogP contribution in [0, 0.1) is 52.1 Å². The number of ether oxygens (including phenoxy) is 1. The van der Waals surface area contributed by atoms with Crippen LogP contribution in [0.15, 0.2) is 18.3 Å². The van der Waals surface area contributed by atoms with Crippen LogP contribution in [0.4, 0.5) is 8.78 Å². The van der Waals surface area contributed by atoms with Crippen LogP contribution in [-0.2, 0) is 16.1 Å². The minimum Gasteiger partial charge on any atom is -0.390 e. The molecule has 4 fully saturated rings. The number of hydrogen-bond acceptors (Lipinski definition) is 4. The second kappa shape index (κ2) is 8.84. The van der Waals surface area contributed by atoms with Crippen molar-refractivity contribution in [1.29, 1.82) is 0 Å². The fourth-order valence-electron chi connectivity index (χ4n) is 9.79. The normalized spacial score (nSPS) is 41.3. The molecule has 5 nitrogen and oxygen atoms in total. The molecule has 0 bridgehead atoms. The molecule has 4 aliphatic rings. The molecule has 0 radical (unpaired) electrons. The van der Waals surface area contributed by atoms with Crippen LogP contribution in [0.25, 0.3) is 10.9 Å². The van der Waals surface area contributed by atoms with Crippen molar-refractivity contribution < 1.29 is 23.4 Å². The summed E-state index contributed by atoms with van der Waals surface area (Å²) in [5, 5.41) is 15.2. The Morgan fingerprint density at radius 2 is 1.92 bits per heavy atom. The summed E-state index contributed by atoms with van der Waals surface area (Å²) in [6.07, 6.45) is 10.4. The van der Waals surface area contributed by atoms with Gasteiger partial charge in [0.25, 0.3) is 0 Å². The van der Waals surface area contributed by atoms with E-state index in [9.17, 15) is 18.7 Å². The predicted molar refractivity (Wildman–Crippen MR) is 137 cm³/mol. The number of nitrogens with zero attached hydrogens (tertiary/aromatic N) is 2. The molecule has 6 rings (SSSR count). The number of carbonyl (C=O) groups is 1. The van der Waals surface area contributed by atoms with Crippen molar-refractivity contribution in [1.82, 2.24) is 9.78 Å². The lowest BCUT2D eigenvalue weighted by atomic mass is 9.43. The molecule has 1 heterocycles. The Bertz CT molecular complexity index is 1210. The number of aliphatic hydroxyl groups is 1. The van der Waals surface area contributed by atoms with Crippen LogP contribution in [0.2, 0.25) is 0 Å². The van der Waals surface area contributed by atoms with E-state index in [0.29, 0.717) is 29.2 Å². The highest BCUT2D eigenvalue weighted by Gasteiger charge is 2.63. The first kappa shape index (κ1) is 25.4. The third-order valence-electron chi connectivity index (χ3n) is 11.5. The molecule has 0 saturated heterocycles. The van der Waals surface area contributed by atoms with Gasteiger partial charge in [0.2, 0.25) is 0 Å². The van der Waals surface area contributed by atoms with E-state index < -0.39 is 17.2 Å². The fraction of sp³-hybridized carbons (Fsp3) is 0.733. The van der Waals surface area contributed by atoms with Crippen molar-refractivity contribution in [2.45, 2.75) is 83.8 Å². The molecule has 0 aliphatic heterocycles. The first-order valence-corrected chi connectivity index (χ1v) is 14.1. The number of aromatic nitrogens is 2. The Morgan fingerprint density at radius 3 is 2.70 bits per heavy atom. The second-order valence-corrected chi connectivity index (χ2v) is 13.3. The summed E-state index contributed by atoms with van der Waals surface area (Å²) >= 11 is 0. The summed E-state index contributed by atoms with van der Waals surface area (Å²) in [5.41, 5.74) is -0.0198. The molecular formula is C30H40F2N2O3. The van der Waals surface area contributed by atoms with Crippen molar-refractivity contribution >= 4 is 16.7 Å². The molecule has 4 aliphatic carbocycles. The minimum atomic E-state index is -0.910. The molecule has 1 aromatic heterocycles. The maximum atomic E-state index is 14.2. The summed E-state index contributed by atoms with van der Waals surface area (Å²) in [7, 11) is 1.82. The zero-order chi connectivity index (χ0) is 26.2. The first-order chi connectivity index (χ1) is 17.6. The van der Waals surface area contributed by atoms with Crippen LogP contribution in [0.5, 0.6) is 0 Å². The van der Waals surface area contributed by atoms with E-state index in [1.54, 1.807) is 0 Å². The number of fused-ring (bicyclic) bond motifs is 6. The zero-order valence-electron chi connectivity index (χ0n) is 22.3. The van der Waals surface area contributed by atoms with E-state index in [1.165, 1.54) is 23.4 Å². The SMILES string of the molecule is COC[C@]12CC[C@@](C)(O)C[C@@H]1CC[C@H]1[C@@H]3CC[C@H](C(=O)Cn4ncc5c(F)c(F)ccc54)[C@@]3(C)CC[C@@H]12. The third kappa shape index (κ3) is 3.82. The van der Waals surface area contributed by atoms with Gasteiger partial charge >= 0.3 is 0 Å². The van der Waals surface area contributed by atoms with Gasteiger partial charge in [-0.3, -0.25) is 9.48 Å². The summed E-state index contributed by atoms with van der Waals surface area (Å²) in [4.78, 5) is 13.7. The van der Waals surface area contributed by atoms with Gasteiger partial charge in [0.05, 0.1) is 29.3 Å². The van der Waals surface area contributed by atoms with Crippen LogP contribution in [-0.4, -0.2) is 40.0 Å². The topological polar surface area (TPSA) is 64.3 Å². The molecule has 1 N–H and O–H groups in total. The maximum Gasteiger partial charge on any atom is 0.169 e. The Morgan fingerprint density at radius 1 is 1.11 bits per heavy atom. The van der Waals surface area contributed by atoms with E-state index in [0.717, 1.165) is 64.0 Å². The number of methoxy groups -OCH3 is 1. The fourth-order valence-corrected chi connectivity index (χ4v) is 9.79. The molecule has 8 atom stereocenters. The van der Waals surface area contributed by atoms with Crippen molar-refractivity contribution in [2.75, 3.05) is 13.7 Å². The van der Waals surface area contributed by atoms with Gasteiger partial charge in [-0.15, -0.1) is 0 Å². The third-order valence-corrected chi connectivity index (χ3v) is 11.5. The zero-order valence-corrected chi connectivity index (χ0v) is 22.3. The molecule has 37 heavy (non-hydrogen) atoms. The van der Waals surface area contributed by atoms with E-state index in [-0.39, 0.29) is 34.5 Å². The van der Waals surface area contributed by atoms with Gasteiger partial charge in [0.1, 0.15) is 6.54 Å². The van der Waals surface area contributed by atoms with E-state index in [4.69, 9.17) is 4.74 Å². The van der Waals surface area contributed by atoms with Gasteiger partial charge in [-0.25, -0.2) is 8.78 Å². The predicted octanol–water partition coefficient (Wildman–Crippen LogP) is 5.92. The number of rotatable bonds is 5. The van der Waals surface area contributed by atoms with Gasteiger partial charge in [-0.1, -0.05) is 6.92 Å². The number of benzene rings is 1. The quantitative estimate of drug-likeness (QED) is 0.538. The lowest BCUT2D eigenvalue weighted by Gasteiger charge is -2.62. The molecular weight excluding hydrogens is 474 g/mol. The number of Topliss-reactive ketones (excluding diaryl/α,β-unsaturated/α-hetero) is 1. The lowest BCUT2D eigenvalue weighted by molar-refractivity contribution is -0.175. The maximum absolute atomic E-state index is 14.2. The smallest absolute Gasteiger partial charge is 0.169 e. The van der Waals surface area contributed by atoms with E-state index in [2.05, 4.69) is 12.0 Å². The standard InChI is InChI=1S/C30H40F2N2O3/c1-28(36)12-13-30(17-37-3)18(14-28)4-5-19-21-6-7-23(29(21,2)11-10-22(19)30)26(35)16-34-25-9-8-24(31)27(32)20(25)15-33-34/h8-9,15,18-19,21-23,36H,4-7,10-14,16-17H2,1-3H3/t18-,19-,21-,22-,23+,28+,29-,30+/m0/s1. The number of carbonyl (C=O) groups excluding carboxylic acids is 1. The van der Waals surface area contributed by atoms with Crippen molar-refractivity contribution in [2.24, 2.45) is 40.4 Å². The van der Waals surface area contributed by atoms with Gasteiger partial charge in [0, 0.05) is 13.0 Å². The van der Waals surface area contributed by atoms with Crippen molar-refractivity contribution in [3.8, 4) is 0 Å². The summed E-state index contributed by atoms with van der Waals surface area (Å²) in [6, 6.07) is 2.61. The lowest BCUT2D eigenvalue weighted by Crippen LogP contribution is -2.58. The number of ketones is 1. The average molecular weight is 515 g/mol. The second-order valence-electron chi connectivity index (χ2n) is 13.3. The molecule has 0 amide bonds. The largest absolute Gasteiger partial charge is 0.390 e. The Balaban J connectivity index is 1.24.